The zero-order valence-corrected chi connectivity index (χ0v) is 16.0. The van der Waals surface area contributed by atoms with Crippen molar-refractivity contribution < 1.29 is 19.5 Å². The maximum Gasteiger partial charge on any atom is 0.344 e. The fraction of sp³-hybridized carbons (Fsp3) is 0.625. The van der Waals surface area contributed by atoms with E-state index in [0.717, 1.165) is 17.9 Å². The van der Waals surface area contributed by atoms with Gasteiger partial charge in [-0.05, 0) is 12.5 Å². The van der Waals surface area contributed by atoms with E-state index >= 15 is 0 Å². The van der Waals surface area contributed by atoms with Gasteiger partial charge in [0.1, 0.15) is 23.5 Å². The quantitative estimate of drug-likeness (QED) is 0.320. The van der Waals surface area contributed by atoms with Crippen molar-refractivity contribution in [3.8, 4) is 0 Å². The molecule has 0 aromatic rings. The Hall–Kier alpha value is -0.790. The topological polar surface area (TPSA) is 68.1 Å². The van der Waals surface area contributed by atoms with E-state index in [2.05, 4.69) is 5.16 Å². The van der Waals surface area contributed by atoms with Crippen molar-refractivity contribution in [2.75, 3.05) is 29.6 Å². The van der Waals surface area contributed by atoms with E-state index in [0.29, 0.717) is 30.1 Å². The number of nitrogens with zero attached hydrogens (tertiary/aromatic N) is 1. The van der Waals surface area contributed by atoms with Crippen molar-refractivity contribution >= 4 is 46.8 Å². The molecule has 1 saturated heterocycles. The number of rotatable bonds is 6. The first-order valence-electron chi connectivity index (χ1n) is 7.87. The lowest BCUT2D eigenvalue weighted by atomic mass is 9.93. The molecular formula is C16H22ClNO4S2. The molecule has 0 atom stereocenters. The third-order valence-electron chi connectivity index (χ3n) is 3.60. The van der Waals surface area contributed by atoms with Crippen LogP contribution in [0.1, 0.15) is 26.2 Å². The summed E-state index contributed by atoms with van der Waals surface area (Å²) < 4.78 is 5.76. The first-order chi connectivity index (χ1) is 11.6. The Labute approximate surface area is 155 Å². The lowest BCUT2D eigenvalue weighted by molar-refractivity contribution is -0.152. The number of thioether (sulfide) groups is 2. The summed E-state index contributed by atoms with van der Waals surface area (Å²) in [7, 11) is 0. The van der Waals surface area contributed by atoms with Crippen LogP contribution in [-0.2, 0) is 14.4 Å². The molecule has 24 heavy (non-hydrogen) atoms. The number of carbonyl (C=O) groups is 1. The molecule has 1 N–H and O–H groups in total. The van der Waals surface area contributed by atoms with E-state index in [1.54, 1.807) is 29.6 Å². The number of hydrogen-bond donors (Lipinski definition) is 1. The summed E-state index contributed by atoms with van der Waals surface area (Å²) in [6, 6.07) is 0. The highest BCUT2D eigenvalue weighted by atomic mass is 35.5. The minimum absolute atomic E-state index is 0.0537. The number of oxime groups is 1. The molecule has 1 fully saturated rings. The van der Waals surface area contributed by atoms with Crippen LogP contribution in [0.2, 0.25) is 0 Å². The third kappa shape index (κ3) is 5.10. The fourth-order valence-corrected chi connectivity index (χ4v) is 5.27. The van der Waals surface area contributed by atoms with Crippen LogP contribution in [0.25, 0.3) is 0 Å². The molecule has 5 nitrogen and oxygen atoms in total. The van der Waals surface area contributed by atoms with E-state index in [1.807, 2.05) is 6.92 Å². The van der Waals surface area contributed by atoms with Crippen LogP contribution in [0.4, 0.5) is 0 Å². The van der Waals surface area contributed by atoms with Gasteiger partial charge in [-0.15, -0.1) is 0 Å². The summed E-state index contributed by atoms with van der Waals surface area (Å²) in [5.74, 6) is 3.03. The molecule has 0 bridgehead atoms. The molecule has 0 aliphatic carbocycles. The molecule has 134 valence electrons. The Morgan fingerprint density at radius 2 is 2.17 bits per heavy atom. The highest BCUT2D eigenvalue weighted by molar-refractivity contribution is 8.03. The Kier molecular flexibility index (Phi) is 7.84. The van der Waals surface area contributed by atoms with Crippen LogP contribution in [0, 0.1) is 0 Å². The molecule has 2 aliphatic rings. The van der Waals surface area contributed by atoms with Crippen LogP contribution in [0.15, 0.2) is 28.1 Å². The van der Waals surface area contributed by atoms with Gasteiger partial charge in [0.25, 0.3) is 0 Å². The standard InChI is InChI=1S/C16H22ClNO4S2/c1-2-4-12(18-21-6-3-5-17)14-13(19)9-16(22-15(14)20)10-23-7-8-24-11-16/h3,5,19H,2,4,6-11H2,1H3. The summed E-state index contributed by atoms with van der Waals surface area (Å²) in [5.41, 5.74) is 1.30. The lowest BCUT2D eigenvalue weighted by Gasteiger charge is -2.35. The van der Waals surface area contributed by atoms with E-state index < -0.39 is 11.6 Å². The molecule has 1 spiro atoms. The maximum absolute atomic E-state index is 12.6. The summed E-state index contributed by atoms with van der Waals surface area (Å²) in [5, 5.41) is 14.5. The molecule has 0 aromatic carbocycles. The number of esters is 1. The van der Waals surface area contributed by atoms with Crippen molar-refractivity contribution in [2.45, 2.75) is 31.8 Å². The second kappa shape index (κ2) is 9.63. The van der Waals surface area contributed by atoms with E-state index in [-0.39, 0.29) is 17.9 Å². The van der Waals surface area contributed by atoms with Crippen molar-refractivity contribution in [3.05, 3.63) is 22.9 Å². The van der Waals surface area contributed by atoms with Crippen molar-refractivity contribution in [2.24, 2.45) is 5.16 Å². The monoisotopic (exact) mass is 391 g/mol. The molecule has 0 radical (unpaired) electrons. The van der Waals surface area contributed by atoms with Crippen LogP contribution in [-0.4, -0.2) is 52.0 Å². The summed E-state index contributed by atoms with van der Waals surface area (Å²) in [4.78, 5) is 17.7. The SMILES string of the molecule is CCCC(=NOCC=CCl)C1=C(O)CC2(CSCCSC2)OC1=O. The molecule has 0 unspecified atom stereocenters. The van der Waals surface area contributed by atoms with Gasteiger partial charge >= 0.3 is 5.97 Å². The number of aliphatic hydroxyl groups excluding tert-OH is 1. The van der Waals surface area contributed by atoms with Crippen molar-refractivity contribution in [3.63, 3.8) is 0 Å². The summed E-state index contributed by atoms with van der Waals surface area (Å²) in [6.45, 7) is 2.18. The molecule has 0 amide bonds. The van der Waals surface area contributed by atoms with Gasteiger partial charge in [0.05, 0.1) is 5.71 Å². The molecule has 0 aromatic heterocycles. The van der Waals surface area contributed by atoms with E-state index in [4.69, 9.17) is 21.2 Å². The van der Waals surface area contributed by atoms with Gasteiger partial charge in [0.15, 0.2) is 0 Å². The van der Waals surface area contributed by atoms with Crippen molar-refractivity contribution in [1.82, 2.24) is 0 Å². The second-order valence-corrected chi connectivity index (χ2v) is 8.08. The fourth-order valence-electron chi connectivity index (χ4n) is 2.56. The number of ether oxygens (including phenoxy) is 1. The number of halogens is 1. The van der Waals surface area contributed by atoms with Crippen LogP contribution >= 0.6 is 35.1 Å². The first-order valence-corrected chi connectivity index (χ1v) is 10.6. The predicted octanol–water partition coefficient (Wildman–Crippen LogP) is 3.89. The zero-order chi connectivity index (χ0) is 17.4. The molecule has 2 heterocycles. The summed E-state index contributed by atoms with van der Waals surface area (Å²) >= 11 is 8.95. The number of hydrogen-bond acceptors (Lipinski definition) is 7. The van der Waals surface area contributed by atoms with Gasteiger partial charge in [-0.3, -0.25) is 0 Å². The Morgan fingerprint density at radius 1 is 1.46 bits per heavy atom. The van der Waals surface area contributed by atoms with Gasteiger partial charge in [0.2, 0.25) is 0 Å². The summed E-state index contributed by atoms with van der Waals surface area (Å²) in [6.07, 6.45) is 3.22. The van der Waals surface area contributed by atoms with E-state index in [9.17, 15) is 9.90 Å². The minimum atomic E-state index is -0.615. The third-order valence-corrected chi connectivity index (χ3v) is 6.49. The number of aliphatic hydroxyl groups is 1. The van der Waals surface area contributed by atoms with Gasteiger partial charge < -0.3 is 14.7 Å². The highest BCUT2D eigenvalue weighted by Crippen LogP contribution is 2.37. The first kappa shape index (κ1) is 19.5. The molecular weight excluding hydrogens is 370 g/mol. The van der Waals surface area contributed by atoms with Gasteiger partial charge in [0, 0.05) is 35.0 Å². The highest BCUT2D eigenvalue weighted by Gasteiger charge is 2.43. The molecule has 0 saturated carbocycles. The van der Waals surface area contributed by atoms with Gasteiger partial charge in [-0.25, -0.2) is 4.79 Å². The van der Waals surface area contributed by atoms with Crippen LogP contribution in [0.5, 0.6) is 0 Å². The molecule has 8 heteroatoms. The largest absolute Gasteiger partial charge is 0.511 e. The number of carbonyl (C=O) groups excluding carboxylic acids is 1. The van der Waals surface area contributed by atoms with Crippen LogP contribution < -0.4 is 0 Å². The predicted molar refractivity (Wildman–Crippen MR) is 101 cm³/mol. The molecule has 2 rings (SSSR count). The Balaban J connectivity index is 2.21. The normalized spacial score (nSPS) is 21.9. The second-order valence-electron chi connectivity index (χ2n) is 5.62. The minimum Gasteiger partial charge on any atom is -0.511 e. The zero-order valence-electron chi connectivity index (χ0n) is 13.6. The Bertz CT molecular complexity index is 540. The van der Waals surface area contributed by atoms with Gasteiger partial charge in [-0.2, -0.15) is 23.5 Å². The maximum atomic E-state index is 12.6. The van der Waals surface area contributed by atoms with Crippen molar-refractivity contribution in [1.29, 1.82) is 0 Å². The Morgan fingerprint density at radius 3 is 2.75 bits per heavy atom. The lowest BCUT2D eigenvalue weighted by Crippen LogP contribution is -2.45. The molecule has 2 aliphatic heterocycles. The van der Waals surface area contributed by atoms with E-state index in [1.165, 1.54) is 5.54 Å². The smallest absolute Gasteiger partial charge is 0.344 e. The average molecular weight is 392 g/mol. The average Bonchev–Trinajstić information content (AvgIpc) is 2.76. The van der Waals surface area contributed by atoms with Gasteiger partial charge in [-0.1, -0.05) is 30.1 Å². The van der Waals surface area contributed by atoms with Crippen LogP contribution in [0.3, 0.4) is 0 Å².